The molecule has 37 heavy (non-hydrogen) atoms. The van der Waals surface area contributed by atoms with E-state index >= 15 is 0 Å². The SMILES string of the molecule is CCOC(=O)[C@H](C)OC(=O)[C@H](C)OC(=O)COC(=O)c1cc(S(N)(=O)=O)c(Cl)cc1NCc1ccco1. The molecule has 0 radical (unpaired) electrons. The van der Waals surface area contributed by atoms with Crippen molar-refractivity contribution >= 4 is 51.2 Å². The van der Waals surface area contributed by atoms with Gasteiger partial charge in [0.15, 0.2) is 18.8 Å². The van der Waals surface area contributed by atoms with Crippen molar-refractivity contribution in [1.82, 2.24) is 0 Å². The summed E-state index contributed by atoms with van der Waals surface area (Å²) < 4.78 is 48.2. The molecule has 0 aliphatic rings. The molecule has 0 unspecified atom stereocenters. The summed E-state index contributed by atoms with van der Waals surface area (Å²) in [6, 6.07) is 5.35. The van der Waals surface area contributed by atoms with Crippen molar-refractivity contribution in [2.45, 2.75) is 44.4 Å². The normalized spacial score (nSPS) is 12.7. The number of anilines is 1. The molecule has 15 heteroatoms. The summed E-state index contributed by atoms with van der Waals surface area (Å²) in [5.41, 5.74) is -0.236. The van der Waals surface area contributed by atoms with Crippen molar-refractivity contribution in [2.75, 3.05) is 18.5 Å². The van der Waals surface area contributed by atoms with Gasteiger partial charge in [-0.1, -0.05) is 11.6 Å². The molecule has 0 fully saturated rings. The summed E-state index contributed by atoms with van der Waals surface area (Å²) >= 11 is 6.02. The number of nitrogens with one attached hydrogen (secondary N) is 1. The molecular formula is C22H25ClN2O11S. The Labute approximate surface area is 217 Å². The van der Waals surface area contributed by atoms with Gasteiger partial charge >= 0.3 is 23.9 Å². The van der Waals surface area contributed by atoms with Gasteiger partial charge in [0.2, 0.25) is 10.0 Å². The number of carbonyl (C=O) groups is 4. The lowest BCUT2D eigenvalue weighted by molar-refractivity contribution is -0.177. The Morgan fingerprint density at radius 1 is 1.08 bits per heavy atom. The molecular weight excluding hydrogens is 536 g/mol. The van der Waals surface area contributed by atoms with E-state index in [0.717, 1.165) is 12.1 Å². The molecule has 3 N–H and O–H groups in total. The Balaban J connectivity index is 2.07. The number of carbonyl (C=O) groups excluding carboxylic acids is 4. The highest BCUT2D eigenvalue weighted by atomic mass is 35.5. The molecule has 0 amide bonds. The molecule has 0 aliphatic heterocycles. The zero-order chi connectivity index (χ0) is 27.8. The molecule has 1 aromatic carbocycles. The molecule has 202 valence electrons. The Bertz CT molecular complexity index is 1250. The van der Waals surface area contributed by atoms with Crippen LogP contribution in [0.3, 0.4) is 0 Å². The average molecular weight is 561 g/mol. The minimum atomic E-state index is -4.30. The van der Waals surface area contributed by atoms with E-state index in [0.29, 0.717) is 5.76 Å². The van der Waals surface area contributed by atoms with Crippen LogP contribution in [0.1, 0.15) is 36.9 Å². The zero-order valence-electron chi connectivity index (χ0n) is 20.0. The predicted octanol–water partition coefficient (Wildman–Crippen LogP) is 1.78. The van der Waals surface area contributed by atoms with Gasteiger partial charge in [0.1, 0.15) is 10.7 Å². The van der Waals surface area contributed by atoms with Crippen LogP contribution in [0, 0.1) is 0 Å². The van der Waals surface area contributed by atoms with E-state index in [-0.39, 0.29) is 29.4 Å². The van der Waals surface area contributed by atoms with E-state index in [1.165, 1.54) is 20.1 Å². The van der Waals surface area contributed by atoms with Crippen molar-refractivity contribution in [3.05, 3.63) is 46.9 Å². The molecule has 2 rings (SSSR count). The van der Waals surface area contributed by atoms with E-state index in [1.807, 2.05) is 0 Å². The number of halogens is 1. The topological polar surface area (TPSA) is 191 Å². The quantitative estimate of drug-likeness (QED) is 0.283. The fraction of sp³-hybridized carbons (Fsp3) is 0.364. The third kappa shape index (κ3) is 8.77. The largest absolute Gasteiger partial charge is 0.467 e. The highest BCUT2D eigenvalue weighted by Crippen LogP contribution is 2.29. The van der Waals surface area contributed by atoms with E-state index in [1.54, 1.807) is 19.1 Å². The maximum Gasteiger partial charge on any atom is 0.347 e. The standard InChI is InChI=1S/C22H25ClN2O11S/c1-4-32-20(27)12(2)36-21(28)13(3)35-19(26)11-34-22(29)15-8-18(37(24,30)31)16(23)9-17(15)25-10-14-6-5-7-33-14/h5-9,12-13,25H,4,10-11H2,1-3H3,(H2,24,30,31)/t12-,13-/m0/s1. The maximum absolute atomic E-state index is 12.7. The number of furan rings is 1. The van der Waals surface area contributed by atoms with Crippen LogP contribution in [-0.2, 0) is 49.9 Å². The maximum atomic E-state index is 12.7. The second-order valence-corrected chi connectivity index (χ2v) is 9.28. The van der Waals surface area contributed by atoms with E-state index in [4.69, 9.17) is 40.1 Å². The molecule has 0 saturated heterocycles. The zero-order valence-corrected chi connectivity index (χ0v) is 21.6. The first-order valence-electron chi connectivity index (χ1n) is 10.7. The third-order valence-corrected chi connectivity index (χ3v) is 5.88. The van der Waals surface area contributed by atoms with Gasteiger partial charge in [-0.15, -0.1) is 0 Å². The summed E-state index contributed by atoms with van der Waals surface area (Å²) in [7, 11) is -4.30. The van der Waals surface area contributed by atoms with Crippen molar-refractivity contribution < 1.29 is 51.0 Å². The lowest BCUT2D eigenvalue weighted by atomic mass is 10.1. The summed E-state index contributed by atoms with van der Waals surface area (Å²) in [4.78, 5) is 47.8. The first kappa shape index (κ1) is 29.6. The van der Waals surface area contributed by atoms with Crippen LogP contribution in [0.2, 0.25) is 5.02 Å². The molecule has 0 aliphatic carbocycles. The van der Waals surface area contributed by atoms with E-state index in [2.05, 4.69) is 5.32 Å². The van der Waals surface area contributed by atoms with Crippen LogP contribution in [0.5, 0.6) is 0 Å². The number of benzene rings is 1. The summed E-state index contributed by atoms with van der Waals surface area (Å²) in [6.07, 6.45) is -1.22. The van der Waals surface area contributed by atoms with Crippen LogP contribution < -0.4 is 10.5 Å². The van der Waals surface area contributed by atoms with Gasteiger partial charge in [0.05, 0.1) is 35.7 Å². The molecule has 1 heterocycles. The second kappa shape index (κ2) is 13.1. The summed E-state index contributed by atoms with van der Waals surface area (Å²) in [6.45, 7) is 3.30. The van der Waals surface area contributed by atoms with E-state index in [9.17, 15) is 27.6 Å². The molecule has 2 aromatic rings. The first-order chi connectivity index (χ1) is 17.3. The summed E-state index contributed by atoms with van der Waals surface area (Å²) in [5, 5.41) is 7.75. The van der Waals surface area contributed by atoms with Crippen molar-refractivity contribution in [3.63, 3.8) is 0 Å². The number of esters is 4. The number of hydrogen-bond donors (Lipinski definition) is 2. The molecule has 0 bridgehead atoms. The Hall–Kier alpha value is -3.62. The molecule has 1 aromatic heterocycles. The van der Waals surface area contributed by atoms with Crippen LogP contribution >= 0.6 is 11.6 Å². The molecule has 13 nitrogen and oxygen atoms in total. The van der Waals surface area contributed by atoms with Gasteiger partial charge in [-0.05, 0) is 45.0 Å². The highest BCUT2D eigenvalue weighted by molar-refractivity contribution is 7.89. The number of rotatable bonds is 12. The van der Waals surface area contributed by atoms with Gasteiger partial charge in [0.25, 0.3) is 0 Å². The first-order valence-corrected chi connectivity index (χ1v) is 12.6. The number of sulfonamides is 1. The van der Waals surface area contributed by atoms with Gasteiger partial charge in [-0.2, -0.15) is 0 Å². The number of hydrogen-bond acceptors (Lipinski definition) is 12. The minimum Gasteiger partial charge on any atom is -0.467 e. The lowest BCUT2D eigenvalue weighted by Crippen LogP contribution is -2.34. The van der Waals surface area contributed by atoms with Crippen LogP contribution in [0.15, 0.2) is 39.8 Å². The molecule has 0 saturated carbocycles. The molecule has 2 atom stereocenters. The average Bonchev–Trinajstić information content (AvgIpc) is 3.34. The van der Waals surface area contributed by atoms with E-state index < -0.39 is 57.6 Å². The Morgan fingerprint density at radius 2 is 1.76 bits per heavy atom. The lowest BCUT2D eigenvalue weighted by Gasteiger charge is -2.16. The van der Waals surface area contributed by atoms with Crippen molar-refractivity contribution in [2.24, 2.45) is 5.14 Å². The van der Waals surface area contributed by atoms with Crippen molar-refractivity contribution in [1.29, 1.82) is 0 Å². The smallest absolute Gasteiger partial charge is 0.347 e. The van der Waals surface area contributed by atoms with Gasteiger partial charge < -0.3 is 28.7 Å². The van der Waals surface area contributed by atoms with Crippen LogP contribution in [0.4, 0.5) is 5.69 Å². The van der Waals surface area contributed by atoms with Gasteiger partial charge in [-0.3, -0.25) is 0 Å². The Morgan fingerprint density at radius 3 is 2.35 bits per heavy atom. The predicted molar refractivity (Wildman–Crippen MR) is 127 cm³/mol. The van der Waals surface area contributed by atoms with Crippen LogP contribution in [0.25, 0.3) is 0 Å². The number of ether oxygens (including phenoxy) is 4. The summed E-state index contributed by atoms with van der Waals surface area (Å²) in [5.74, 6) is -3.55. The van der Waals surface area contributed by atoms with Crippen LogP contribution in [-0.4, -0.2) is 57.7 Å². The second-order valence-electron chi connectivity index (χ2n) is 7.35. The monoisotopic (exact) mass is 560 g/mol. The minimum absolute atomic E-state index is 0.0667. The Kier molecular flexibility index (Phi) is 10.5. The fourth-order valence-corrected chi connectivity index (χ4v) is 3.84. The highest BCUT2D eigenvalue weighted by Gasteiger charge is 2.27. The van der Waals surface area contributed by atoms with Gasteiger partial charge in [-0.25, -0.2) is 32.7 Å². The molecule has 0 spiro atoms. The third-order valence-electron chi connectivity index (χ3n) is 4.50. The van der Waals surface area contributed by atoms with Crippen molar-refractivity contribution in [3.8, 4) is 0 Å². The number of nitrogens with two attached hydrogens (primary N) is 1. The number of primary sulfonamides is 1. The fourth-order valence-electron chi connectivity index (χ4n) is 2.74. The van der Waals surface area contributed by atoms with Gasteiger partial charge in [0, 0.05) is 0 Å².